The Labute approximate surface area is 187 Å². The topological polar surface area (TPSA) is 25.8 Å². The third-order valence-electron chi connectivity index (χ3n) is 4.97. The van der Waals surface area contributed by atoms with E-state index in [0.29, 0.717) is 11.8 Å². The van der Waals surface area contributed by atoms with Crippen molar-refractivity contribution < 1.29 is 0 Å². The highest BCUT2D eigenvalue weighted by atomic mass is 32.1. The Morgan fingerprint density at radius 1 is 0.733 bits per heavy atom. The standard InChI is InChI=1S/C26H28N2S2/c1-17(2)13-19-5-9-21(10-6-19)23-16-29-26(28-23)25-27-15-24(30-25)22-11-7-20(8-12-22)14-18(3)4/h5-12,15-18H,13-14H2,1-4H3. The molecule has 0 saturated carbocycles. The molecule has 0 fully saturated rings. The van der Waals surface area contributed by atoms with Gasteiger partial charge in [-0.1, -0.05) is 76.2 Å². The summed E-state index contributed by atoms with van der Waals surface area (Å²) in [6.45, 7) is 9.02. The van der Waals surface area contributed by atoms with Gasteiger partial charge in [-0.3, -0.25) is 0 Å². The van der Waals surface area contributed by atoms with Gasteiger partial charge in [-0.15, -0.1) is 22.7 Å². The van der Waals surface area contributed by atoms with E-state index >= 15 is 0 Å². The zero-order chi connectivity index (χ0) is 21.1. The van der Waals surface area contributed by atoms with Crippen LogP contribution in [0.2, 0.25) is 0 Å². The van der Waals surface area contributed by atoms with E-state index in [1.807, 2.05) is 6.20 Å². The molecule has 0 spiro atoms. The van der Waals surface area contributed by atoms with E-state index in [-0.39, 0.29) is 0 Å². The summed E-state index contributed by atoms with van der Waals surface area (Å²) < 4.78 is 0. The number of rotatable bonds is 7. The summed E-state index contributed by atoms with van der Waals surface area (Å²) in [6.07, 6.45) is 4.21. The van der Waals surface area contributed by atoms with Crippen molar-refractivity contribution in [3.63, 3.8) is 0 Å². The lowest BCUT2D eigenvalue weighted by Gasteiger charge is -2.05. The second-order valence-electron chi connectivity index (χ2n) is 8.66. The van der Waals surface area contributed by atoms with Gasteiger partial charge < -0.3 is 0 Å². The molecule has 0 atom stereocenters. The fraction of sp³-hybridized carbons (Fsp3) is 0.308. The van der Waals surface area contributed by atoms with Crippen molar-refractivity contribution in [2.75, 3.05) is 0 Å². The van der Waals surface area contributed by atoms with Crippen LogP contribution in [-0.4, -0.2) is 9.97 Å². The molecular formula is C26H28N2S2. The normalized spacial score (nSPS) is 11.5. The van der Waals surface area contributed by atoms with Crippen molar-refractivity contribution in [2.24, 2.45) is 11.8 Å². The first-order chi connectivity index (χ1) is 14.5. The van der Waals surface area contributed by atoms with E-state index in [4.69, 9.17) is 4.98 Å². The van der Waals surface area contributed by atoms with Crippen LogP contribution in [0.4, 0.5) is 0 Å². The fourth-order valence-corrected chi connectivity index (χ4v) is 5.36. The van der Waals surface area contributed by atoms with Crippen molar-refractivity contribution in [1.29, 1.82) is 0 Å². The number of benzene rings is 2. The van der Waals surface area contributed by atoms with E-state index < -0.39 is 0 Å². The van der Waals surface area contributed by atoms with Crippen molar-refractivity contribution in [2.45, 2.75) is 40.5 Å². The molecule has 30 heavy (non-hydrogen) atoms. The Morgan fingerprint density at radius 2 is 1.30 bits per heavy atom. The lowest BCUT2D eigenvalue weighted by molar-refractivity contribution is 0.647. The number of hydrogen-bond acceptors (Lipinski definition) is 4. The summed E-state index contributed by atoms with van der Waals surface area (Å²) in [6, 6.07) is 17.7. The monoisotopic (exact) mass is 432 g/mol. The van der Waals surface area contributed by atoms with Gasteiger partial charge in [0.15, 0.2) is 10.0 Å². The maximum absolute atomic E-state index is 4.86. The molecule has 0 aliphatic heterocycles. The first-order valence-corrected chi connectivity index (χ1v) is 12.3. The van der Waals surface area contributed by atoms with Crippen molar-refractivity contribution in [3.8, 4) is 31.7 Å². The number of hydrogen-bond donors (Lipinski definition) is 0. The summed E-state index contributed by atoms with van der Waals surface area (Å²) in [7, 11) is 0. The average molecular weight is 433 g/mol. The smallest absolute Gasteiger partial charge is 0.152 e. The Bertz CT molecular complexity index is 997. The molecule has 0 radical (unpaired) electrons. The summed E-state index contributed by atoms with van der Waals surface area (Å²) in [5.41, 5.74) is 6.20. The molecular weight excluding hydrogens is 404 g/mol. The van der Waals surface area contributed by atoms with Gasteiger partial charge >= 0.3 is 0 Å². The van der Waals surface area contributed by atoms with Crippen molar-refractivity contribution >= 4 is 22.7 Å². The Kier molecular flexibility index (Phi) is 6.45. The second-order valence-corrected chi connectivity index (χ2v) is 10.5. The van der Waals surface area contributed by atoms with Gasteiger partial charge in [0, 0.05) is 17.1 Å². The molecule has 0 amide bonds. The minimum absolute atomic E-state index is 0.673. The van der Waals surface area contributed by atoms with E-state index in [1.165, 1.54) is 27.1 Å². The van der Waals surface area contributed by atoms with Gasteiger partial charge in [0.25, 0.3) is 0 Å². The number of thiazole rings is 2. The summed E-state index contributed by atoms with van der Waals surface area (Å²) in [5.74, 6) is 1.35. The Morgan fingerprint density at radius 3 is 1.87 bits per heavy atom. The zero-order valence-corrected chi connectivity index (χ0v) is 19.7. The molecule has 0 aliphatic rings. The molecule has 2 aromatic carbocycles. The third kappa shape index (κ3) is 5.05. The van der Waals surface area contributed by atoms with Crippen molar-refractivity contribution in [1.82, 2.24) is 9.97 Å². The molecule has 154 valence electrons. The van der Waals surface area contributed by atoms with Crippen LogP contribution < -0.4 is 0 Å². The minimum Gasteiger partial charge on any atom is -0.241 e. The van der Waals surface area contributed by atoms with Crippen LogP contribution in [0.5, 0.6) is 0 Å². The molecule has 0 bridgehead atoms. The molecule has 4 heteroatoms. The first-order valence-electron chi connectivity index (χ1n) is 10.6. The molecule has 0 N–H and O–H groups in total. The van der Waals surface area contributed by atoms with Crippen LogP contribution in [-0.2, 0) is 12.8 Å². The maximum Gasteiger partial charge on any atom is 0.152 e. The molecule has 2 aromatic heterocycles. The summed E-state index contributed by atoms with van der Waals surface area (Å²) in [5, 5.41) is 4.11. The predicted octanol–water partition coefficient (Wildman–Crippen LogP) is 8.00. The Balaban J connectivity index is 1.50. The van der Waals surface area contributed by atoms with Gasteiger partial charge in [-0.25, -0.2) is 9.97 Å². The SMILES string of the molecule is CC(C)Cc1ccc(-c2csc(-c3ncc(-c4ccc(CC(C)C)cc4)s3)n2)cc1. The Hall–Kier alpha value is -2.30. The van der Waals surface area contributed by atoms with Gasteiger partial charge in [0.2, 0.25) is 0 Å². The van der Waals surface area contributed by atoms with Gasteiger partial charge in [0.1, 0.15) is 0 Å². The van der Waals surface area contributed by atoms with Crippen LogP contribution in [0.25, 0.3) is 31.7 Å². The second kappa shape index (κ2) is 9.23. The molecule has 2 nitrogen and oxygen atoms in total. The maximum atomic E-state index is 4.86. The van der Waals surface area contributed by atoms with Gasteiger partial charge in [-0.2, -0.15) is 0 Å². The summed E-state index contributed by atoms with van der Waals surface area (Å²) >= 11 is 3.38. The van der Waals surface area contributed by atoms with Crippen LogP contribution >= 0.6 is 22.7 Å². The highest BCUT2D eigenvalue weighted by molar-refractivity contribution is 7.22. The molecule has 4 rings (SSSR count). The lowest BCUT2D eigenvalue weighted by atomic mass is 10.0. The molecule has 2 heterocycles. The van der Waals surface area contributed by atoms with E-state index in [2.05, 4.69) is 86.6 Å². The van der Waals surface area contributed by atoms with Gasteiger partial charge in [0.05, 0.1) is 10.6 Å². The number of aromatic nitrogens is 2. The predicted molar refractivity (Wildman–Crippen MR) is 131 cm³/mol. The highest BCUT2D eigenvalue weighted by Gasteiger charge is 2.12. The first kappa shape index (κ1) is 21.0. The molecule has 0 aliphatic carbocycles. The molecule has 4 aromatic rings. The zero-order valence-electron chi connectivity index (χ0n) is 18.1. The van der Waals surface area contributed by atoms with Crippen LogP contribution in [0, 0.1) is 11.8 Å². The average Bonchev–Trinajstić information content (AvgIpc) is 3.38. The molecule has 0 unspecified atom stereocenters. The van der Waals surface area contributed by atoms with E-state index in [9.17, 15) is 0 Å². The van der Waals surface area contributed by atoms with Crippen LogP contribution in [0.3, 0.4) is 0 Å². The third-order valence-corrected chi connectivity index (χ3v) is 7.00. The quantitative estimate of drug-likeness (QED) is 0.296. The van der Waals surface area contributed by atoms with Crippen LogP contribution in [0.15, 0.2) is 60.1 Å². The summed E-state index contributed by atoms with van der Waals surface area (Å²) in [4.78, 5) is 10.7. The van der Waals surface area contributed by atoms with Gasteiger partial charge in [-0.05, 0) is 41.4 Å². The number of nitrogens with zero attached hydrogens (tertiary/aromatic N) is 2. The molecule has 0 saturated heterocycles. The van der Waals surface area contributed by atoms with E-state index in [1.54, 1.807) is 22.7 Å². The van der Waals surface area contributed by atoms with Crippen molar-refractivity contribution in [3.05, 3.63) is 71.2 Å². The van der Waals surface area contributed by atoms with Crippen LogP contribution in [0.1, 0.15) is 38.8 Å². The lowest BCUT2D eigenvalue weighted by Crippen LogP contribution is -1.93. The highest BCUT2D eigenvalue weighted by Crippen LogP contribution is 2.35. The minimum atomic E-state index is 0.673. The fourth-order valence-electron chi connectivity index (χ4n) is 3.57. The largest absolute Gasteiger partial charge is 0.241 e. The van der Waals surface area contributed by atoms with E-state index in [0.717, 1.165) is 28.6 Å².